The minimum absolute atomic E-state index is 0.0186. The Balaban J connectivity index is 1.19. The van der Waals surface area contributed by atoms with Gasteiger partial charge >= 0.3 is 12.1 Å². The number of ether oxygens (including phenoxy) is 1. The van der Waals surface area contributed by atoms with E-state index in [2.05, 4.69) is 5.32 Å². The zero-order chi connectivity index (χ0) is 24.5. The lowest BCUT2D eigenvalue weighted by atomic mass is 9.95. The molecule has 0 aromatic heterocycles. The quantitative estimate of drug-likeness (QED) is 0.538. The zero-order valence-corrected chi connectivity index (χ0v) is 18.7. The minimum Gasteiger partial charge on any atom is -0.481 e. The summed E-state index contributed by atoms with van der Waals surface area (Å²) in [4.78, 5) is 37.1. The van der Waals surface area contributed by atoms with Gasteiger partial charge in [0.25, 0.3) is 5.91 Å². The number of fused-ring (bicyclic) bond motifs is 3. The minimum atomic E-state index is -0.919. The second-order valence-electron chi connectivity index (χ2n) is 8.82. The molecule has 5 rings (SSSR count). The van der Waals surface area contributed by atoms with E-state index in [-0.39, 0.29) is 49.2 Å². The molecule has 0 spiro atoms. The molecule has 2 amide bonds. The Kier molecular flexibility index (Phi) is 5.94. The van der Waals surface area contributed by atoms with Gasteiger partial charge in [-0.2, -0.15) is 0 Å². The predicted molar refractivity (Wildman–Crippen MR) is 127 cm³/mol. The van der Waals surface area contributed by atoms with E-state index in [9.17, 15) is 18.8 Å². The van der Waals surface area contributed by atoms with Crippen molar-refractivity contribution in [3.05, 3.63) is 89.2 Å². The van der Waals surface area contributed by atoms with E-state index in [1.165, 1.54) is 17.0 Å². The number of hydrogen-bond acceptors (Lipinski definition) is 4. The number of aliphatic carboxylic acids is 1. The number of carbonyl (C=O) groups excluding carboxylic acids is 2. The molecule has 0 atom stereocenters. The van der Waals surface area contributed by atoms with Crippen LogP contribution in [0.25, 0.3) is 11.1 Å². The molecule has 178 valence electrons. The highest BCUT2D eigenvalue weighted by atomic mass is 19.1. The Bertz CT molecular complexity index is 1270. The molecule has 1 fully saturated rings. The molecule has 3 aromatic carbocycles. The number of rotatable bonds is 6. The van der Waals surface area contributed by atoms with Gasteiger partial charge in [-0.05, 0) is 40.5 Å². The molecule has 1 aliphatic heterocycles. The molecule has 0 unspecified atom stereocenters. The van der Waals surface area contributed by atoms with Crippen molar-refractivity contribution in [2.24, 2.45) is 5.92 Å². The second kappa shape index (κ2) is 9.21. The summed E-state index contributed by atoms with van der Waals surface area (Å²) >= 11 is 0. The molecule has 3 aromatic rings. The van der Waals surface area contributed by atoms with Crippen LogP contribution in [0.5, 0.6) is 0 Å². The molecule has 2 N–H and O–H groups in total. The average molecular weight is 474 g/mol. The summed E-state index contributed by atoms with van der Waals surface area (Å²) in [6.07, 6.45) is -0.737. The first-order valence-electron chi connectivity index (χ1n) is 11.3. The van der Waals surface area contributed by atoms with E-state index >= 15 is 0 Å². The summed E-state index contributed by atoms with van der Waals surface area (Å²) in [5, 5.41) is 11.3. The van der Waals surface area contributed by atoms with E-state index in [0.29, 0.717) is 0 Å². The van der Waals surface area contributed by atoms with E-state index in [1.807, 2.05) is 48.5 Å². The molecule has 0 radical (unpaired) electrons. The smallest absolute Gasteiger partial charge is 0.411 e. The summed E-state index contributed by atoms with van der Waals surface area (Å²) in [6.45, 7) is 0.694. The third kappa shape index (κ3) is 4.47. The SMILES string of the molecule is O=C(O)CC1CN(C(=O)c2ccc(NC(=O)OCC3c4ccccc4-c4ccccc43)cc2F)C1. The number of likely N-dealkylation sites (tertiary alicyclic amines) is 1. The topological polar surface area (TPSA) is 95.9 Å². The largest absolute Gasteiger partial charge is 0.481 e. The summed E-state index contributed by atoms with van der Waals surface area (Å²) in [6, 6.07) is 19.8. The number of carboxylic acids is 1. The van der Waals surface area contributed by atoms with Gasteiger partial charge in [0, 0.05) is 30.6 Å². The Labute approximate surface area is 201 Å². The van der Waals surface area contributed by atoms with Crippen LogP contribution in [0.15, 0.2) is 66.7 Å². The Morgan fingerprint density at radius 3 is 2.20 bits per heavy atom. The molecular weight excluding hydrogens is 451 g/mol. The zero-order valence-electron chi connectivity index (χ0n) is 18.7. The van der Waals surface area contributed by atoms with Gasteiger partial charge in [0.05, 0.1) is 12.0 Å². The summed E-state index contributed by atoms with van der Waals surface area (Å²) in [5.74, 6) is -2.40. The lowest BCUT2D eigenvalue weighted by Crippen LogP contribution is -2.50. The highest BCUT2D eigenvalue weighted by Crippen LogP contribution is 2.44. The van der Waals surface area contributed by atoms with Crippen molar-refractivity contribution in [3.8, 4) is 11.1 Å². The fraction of sp³-hybridized carbons (Fsp3) is 0.222. The van der Waals surface area contributed by atoms with Crippen molar-refractivity contribution < 1.29 is 28.6 Å². The van der Waals surface area contributed by atoms with Crippen molar-refractivity contribution >= 4 is 23.7 Å². The first-order chi connectivity index (χ1) is 16.9. The van der Waals surface area contributed by atoms with Crippen molar-refractivity contribution in [3.63, 3.8) is 0 Å². The first kappa shape index (κ1) is 22.6. The number of halogens is 1. The van der Waals surface area contributed by atoms with Gasteiger partial charge in [-0.1, -0.05) is 48.5 Å². The molecule has 7 nitrogen and oxygen atoms in total. The van der Waals surface area contributed by atoms with Gasteiger partial charge in [-0.25, -0.2) is 9.18 Å². The molecule has 35 heavy (non-hydrogen) atoms. The standard InChI is InChI=1S/C27H23FN2O5/c28-24-12-17(9-10-22(24)26(33)30-13-16(14-30)11-25(31)32)29-27(34)35-15-23-20-7-3-1-5-18(20)19-6-2-4-8-21(19)23/h1-10,12,16,23H,11,13-15H2,(H,29,34)(H,31,32). The van der Waals surface area contributed by atoms with Crippen LogP contribution < -0.4 is 5.32 Å². The van der Waals surface area contributed by atoms with Gasteiger partial charge in [0.15, 0.2) is 0 Å². The number of nitrogens with one attached hydrogen (secondary N) is 1. The molecular formula is C27H23FN2O5. The van der Waals surface area contributed by atoms with Crippen molar-refractivity contribution in [2.45, 2.75) is 12.3 Å². The molecule has 1 aliphatic carbocycles. The maximum Gasteiger partial charge on any atom is 0.411 e. The van der Waals surface area contributed by atoms with E-state index < -0.39 is 23.8 Å². The third-order valence-corrected chi connectivity index (χ3v) is 6.50. The van der Waals surface area contributed by atoms with Crippen LogP contribution >= 0.6 is 0 Å². The fourth-order valence-electron chi connectivity index (χ4n) is 4.80. The van der Waals surface area contributed by atoms with Crippen LogP contribution in [0.3, 0.4) is 0 Å². The average Bonchev–Trinajstić information content (AvgIpc) is 3.13. The fourth-order valence-corrected chi connectivity index (χ4v) is 4.80. The number of nitrogens with zero attached hydrogens (tertiary/aromatic N) is 1. The molecule has 8 heteroatoms. The summed E-state index contributed by atoms with van der Waals surface area (Å²) in [5.41, 5.74) is 4.46. The third-order valence-electron chi connectivity index (χ3n) is 6.50. The lowest BCUT2D eigenvalue weighted by Gasteiger charge is -2.38. The van der Waals surface area contributed by atoms with E-state index in [4.69, 9.17) is 9.84 Å². The van der Waals surface area contributed by atoms with Crippen molar-refractivity contribution in [1.29, 1.82) is 0 Å². The number of hydrogen-bond donors (Lipinski definition) is 2. The maximum atomic E-state index is 14.6. The van der Waals surface area contributed by atoms with E-state index in [1.54, 1.807) is 0 Å². The van der Waals surface area contributed by atoms with Gasteiger partial charge in [0.1, 0.15) is 12.4 Å². The summed E-state index contributed by atoms with van der Waals surface area (Å²) in [7, 11) is 0. The Morgan fingerprint density at radius 2 is 1.60 bits per heavy atom. The van der Waals surface area contributed by atoms with Gasteiger partial charge < -0.3 is 14.7 Å². The van der Waals surface area contributed by atoms with Crippen LogP contribution in [0.2, 0.25) is 0 Å². The highest BCUT2D eigenvalue weighted by molar-refractivity contribution is 5.96. The Morgan fingerprint density at radius 1 is 0.971 bits per heavy atom. The predicted octanol–water partition coefficient (Wildman–Crippen LogP) is 4.73. The maximum absolute atomic E-state index is 14.6. The number of amides is 2. The number of carboxylic acid groups (broad SMARTS) is 1. The lowest BCUT2D eigenvalue weighted by molar-refractivity contribution is -0.139. The van der Waals surface area contributed by atoms with Crippen LogP contribution in [-0.2, 0) is 9.53 Å². The van der Waals surface area contributed by atoms with Gasteiger partial charge in [-0.15, -0.1) is 0 Å². The van der Waals surface area contributed by atoms with Crippen LogP contribution in [0, 0.1) is 11.7 Å². The molecule has 1 saturated heterocycles. The highest BCUT2D eigenvalue weighted by Gasteiger charge is 2.33. The van der Waals surface area contributed by atoms with Gasteiger partial charge in [0.2, 0.25) is 0 Å². The number of anilines is 1. The molecule has 2 aliphatic rings. The van der Waals surface area contributed by atoms with Crippen molar-refractivity contribution in [2.75, 3.05) is 25.0 Å². The molecule has 1 heterocycles. The summed E-state index contributed by atoms with van der Waals surface area (Å²) < 4.78 is 20.1. The number of benzene rings is 3. The monoisotopic (exact) mass is 474 g/mol. The van der Waals surface area contributed by atoms with Crippen molar-refractivity contribution in [1.82, 2.24) is 4.90 Å². The Hall–Kier alpha value is -4.20. The number of carbonyl (C=O) groups is 3. The molecule has 0 bridgehead atoms. The normalized spacial score (nSPS) is 14.6. The first-order valence-corrected chi connectivity index (χ1v) is 11.3. The van der Waals surface area contributed by atoms with Crippen LogP contribution in [0.4, 0.5) is 14.9 Å². The van der Waals surface area contributed by atoms with Crippen LogP contribution in [-0.4, -0.2) is 47.7 Å². The van der Waals surface area contributed by atoms with Gasteiger partial charge in [-0.3, -0.25) is 14.9 Å². The van der Waals surface area contributed by atoms with E-state index in [0.717, 1.165) is 28.3 Å². The second-order valence-corrected chi connectivity index (χ2v) is 8.82. The van der Waals surface area contributed by atoms with Crippen LogP contribution in [0.1, 0.15) is 33.8 Å². The molecule has 0 saturated carbocycles.